The maximum Gasteiger partial charge on any atom is 0.281 e. The van der Waals surface area contributed by atoms with Gasteiger partial charge in [0.05, 0.1) is 5.71 Å². The van der Waals surface area contributed by atoms with Crippen LogP contribution in [0.5, 0.6) is 0 Å². The van der Waals surface area contributed by atoms with Crippen LogP contribution in [-0.2, 0) is 4.79 Å². The molecule has 0 radical (unpaired) electrons. The fourth-order valence-corrected chi connectivity index (χ4v) is 2.47. The number of hydrazone groups is 1. The topological polar surface area (TPSA) is 49.7 Å². The normalized spacial score (nSPS) is 21.8. The maximum atomic E-state index is 12.5. The molecule has 0 spiro atoms. The van der Waals surface area contributed by atoms with Gasteiger partial charge in [0.1, 0.15) is 4.32 Å². The summed E-state index contributed by atoms with van der Waals surface area (Å²) in [4.78, 5) is 24.8. The van der Waals surface area contributed by atoms with Gasteiger partial charge < -0.3 is 0 Å². The SMILES string of the molecule is CC1=NN(C(=O)c2ccc3ccccc3c2)C(=O)C1(C)Br. The number of nitrogens with zero attached hydrogens (tertiary/aromatic N) is 2. The van der Waals surface area contributed by atoms with E-state index in [1.807, 2.05) is 30.3 Å². The molecule has 0 bridgehead atoms. The van der Waals surface area contributed by atoms with E-state index in [-0.39, 0.29) is 5.91 Å². The number of amides is 2. The Kier molecular flexibility index (Phi) is 3.17. The average molecular weight is 345 g/mol. The van der Waals surface area contributed by atoms with Crippen molar-refractivity contribution in [2.24, 2.45) is 5.10 Å². The van der Waals surface area contributed by atoms with Gasteiger partial charge in [-0.1, -0.05) is 46.3 Å². The van der Waals surface area contributed by atoms with Crippen LogP contribution in [0.25, 0.3) is 10.8 Å². The Balaban J connectivity index is 2.00. The second-order valence-electron chi connectivity index (χ2n) is 5.17. The molecule has 1 heterocycles. The molecular weight excluding hydrogens is 332 g/mol. The van der Waals surface area contributed by atoms with Crippen LogP contribution >= 0.6 is 15.9 Å². The van der Waals surface area contributed by atoms with Gasteiger partial charge in [0, 0.05) is 5.56 Å². The lowest BCUT2D eigenvalue weighted by Gasteiger charge is -2.15. The third kappa shape index (κ3) is 2.17. The van der Waals surface area contributed by atoms with E-state index in [9.17, 15) is 9.59 Å². The monoisotopic (exact) mass is 344 g/mol. The van der Waals surface area contributed by atoms with Crippen LogP contribution in [0.2, 0.25) is 0 Å². The minimum atomic E-state index is -0.903. The summed E-state index contributed by atoms with van der Waals surface area (Å²) < 4.78 is -0.903. The summed E-state index contributed by atoms with van der Waals surface area (Å²) in [5, 5.41) is 7.03. The number of fused-ring (bicyclic) bond motifs is 1. The molecule has 0 aromatic heterocycles. The van der Waals surface area contributed by atoms with Crippen molar-refractivity contribution in [3.8, 4) is 0 Å². The molecule has 21 heavy (non-hydrogen) atoms. The van der Waals surface area contributed by atoms with Crippen molar-refractivity contribution in [1.82, 2.24) is 5.01 Å². The van der Waals surface area contributed by atoms with Crippen molar-refractivity contribution in [1.29, 1.82) is 0 Å². The molecule has 1 aliphatic rings. The van der Waals surface area contributed by atoms with Crippen LogP contribution in [0.1, 0.15) is 24.2 Å². The Bertz CT molecular complexity index is 796. The van der Waals surface area contributed by atoms with Crippen LogP contribution < -0.4 is 0 Å². The highest BCUT2D eigenvalue weighted by Gasteiger charge is 2.45. The summed E-state index contributed by atoms with van der Waals surface area (Å²) >= 11 is 3.32. The molecule has 106 valence electrons. The van der Waals surface area contributed by atoms with Gasteiger partial charge in [-0.25, -0.2) is 0 Å². The number of carbonyl (C=O) groups is 2. The van der Waals surface area contributed by atoms with Crippen molar-refractivity contribution < 1.29 is 9.59 Å². The van der Waals surface area contributed by atoms with Gasteiger partial charge in [-0.3, -0.25) is 9.59 Å². The molecule has 0 fully saturated rings. The lowest BCUT2D eigenvalue weighted by molar-refractivity contribution is -0.127. The van der Waals surface area contributed by atoms with E-state index in [0.29, 0.717) is 11.3 Å². The number of benzene rings is 2. The number of carbonyl (C=O) groups excluding carboxylic acids is 2. The van der Waals surface area contributed by atoms with Crippen LogP contribution in [0.4, 0.5) is 0 Å². The molecule has 0 N–H and O–H groups in total. The zero-order chi connectivity index (χ0) is 15.2. The molecule has 5 heteroatoms. The summed E-state index contributed by atoms with van der Waals surface area (Å²) in [5.41, 5.74) is 1.02. The van der Waals surface area contributed by atoms with Crippen LogP contribution in [-0.4, -0.2) is 26.9 Å². The van der Waals surface area contributed by atoms with Gasteiger partial charge in [0.25, 0.3) is 11.8 Å². The lowest BCUT2D eigenvalue weighted by Crippen LogP contribution is -2.39. The number of hydrogen-bond donors (Lipinski definition) is 0. The first-order valence-corrected chi connectivity index (χ1v) is 7.33. The van der Waals surface area contributed by atoms with Gasteiger partial charge in [-0.2, -0.15) is 10.1 Å². The predicted octanol–water partition coefficient (Wildman–Crippen LogP) is 3.35. The van der Waals surface area contributed by atoms with Gasteiger partial charge in [0.15, 0.2) is 0 Å². The van der Waals surface area contributed by atoms with Crippen molar-refractivity contribution in [2.75, 3.05) is 0 Å². The predicted molar refractivity (Wildman–Crippen MR) is 85.6 cm³/mol. The molecule has 1 atom stereocenters. The van der Waals surface area contributed by atoms with Crippen molar-refractivity contribution in [3.63, 3.8) is 0 Å². The Morgan fingerprint density at radius 2 is 1.86 bits per heavy atom. The number of alkyl halides is 1. The zero-order valence-corrected chi connectivity index (χ0v) is 13.2. The maximum absolute atomic E-state index is 12.5. The van der Waals surface area contributed by atoms with Crippen molar-refractivity contribution >= 4 is 44.2 Å². The third-order valence-electron chi connectivity index (χ3n) is 3.71. The summed E-state index contributed by atoms with van der Waals surface area (Å²) in [6, 6.07) is 13.1. The zero-order valence-electron chi connectivity index (χ0n) is 11.6. The van der Waals surface area contributed by atoms with E-state index in [0.717, 1.165) is 15.8 Å². The summed E-state index contributed by atoms with van der Waals surface area (Å²) in [7, 11) is 0. The summed E-state index contributed by atoms with van der Waals surface area (Å²) in [5.74, 6) is -0.772. The minimum Gasteiger partial charge on any atom is -0.270 e. The molecular formula is C16H13BrN2O2. The first kappa shape index (κ1) is 13.9. The second-order valence-corrected chi connectivity index (χ2v) is 6.76. The summed E-state index contributed by atoms with van der Waals surface area (Å²) in [6.07, 6.45) is 0. The lowest BCUT2D eigenvalue weighted by atomic mass is 10.1. The minimum absolute atomic E-state index is 0.363. The van der Waals surface area contributed by atoms with Gasteiger partial charge in [-0.05, 0) is 36.8 Å². The third-order valence-corrected chi connectivity index (χ3v) is 4.63. The first-order chi connectivity index (χ1) is 9.91. The quantitative estimate of drug-likeness (QED) is 0.588. The van der Waals surface area contributed by atoms with Gasteiger partial charge in [0.2, 0.25) is 0 Å². The number of halogens is 1. The average Bonchev–Trinajstić information content (AvgIpc) is 2.69. The molecule has 1 unspecified atom stereocenters. The standard InChI is InChI=1S/C16H13BrN2O2/c1-10-16(2,17)15(21)19(18-10)14(20)13-8-7-11-5-3-4-6-12(11)9-13/h3-9H,1-2H3. The van der Waals surface area contributed by atoms with E-state index in [2.05, 4.69) is 21.0 Å². The Morgan fingerprint density at radius 1 is 1.19 bits per heavy atom. The molecule has 2 amide bonds. The van der Waals surface area contributed by atoms with E-state index in [4.69, 9.17) is 0 Å². The van der Waals surface area contributed by atoms with E-state index in [1.165, 1.54) is 0 Å². The van der Waals surface area contributed by atoms with Crippen LogP contribution in [0, 0.1) is 0 Å². The fourth-order valence-electron chi connectivity index (χ4n) is 2.23. The highest BCUT2D eigenvalue weighted by Crippen LogP contribution is 2.30. The summed E-state index contributed by atoms with van der Waals surface area (Å²) in [6.45, 7) is 3.42. The number of rotatable bonds is 1. The smallest absolute Gasteiger partial charge is 0.270 e. The number of hydrogen-bond acceptors (Lipinski definition) is 3. The highest BCUT2D eigenvalue weighted by atomic mass is 79.9. The van der Waals surface area contributed by atoms with Crippen LogP contribution in [0.3, 0.4) is 0 Å². The molecule has 0 saturated heterocycles. The van der Waals surface area contributed by atoms with Gasteiger partial charge in [-0.15, -0.1) is 0 Å². The molecule has 0 aliphatic carbocycles. The number of imide groups is 1. The van der Waals surface area contributed by atoms with Crippen LogP contribution in [0.15, 0.2) is 47.6 Å². The first-order valence-electron chi connectivity index (χ1n) is 6.53. The molecule has 0 saturated carbocycles. The molecule has 4 nitrogen and oxygen atoms in total. The Labute approximate surface area is 130 Å². The van der Waals surface area contributed by atoms with Crippen molar-refractivity contribution in [2.45, 2.75) is 18.2 Å². The van der Waals surface area contributed by atoms with E-state index >= 15 is 0 Å². The van der Waals surface area contributed by atoms with E-state index in [1.54, 1.807) is 26.0 Å². The highest BCUT2D eigenvalue weighted by molar-refractivity contribution is 9.10. The molecule has 2 aromatic carbocycles. The Hall–Kier alpha value is -2.01. The van der Waals surface area contributed by atoms with Gasteiger partial charge >= 0.3 is 0 Å². The second kappa shape index (κ2) is 4.77. The Morgan fingerprint density at radius 3 is 2.48 bits per heavy atom. The molecule has 3 rings (SSSR count). The van der Waals surface area contributed by atoms with E-state index < -0.39 is 10.2 Å². The fraction of sp³-hybridized carbons (Fsp3) is 0.188. The largest absolute Gasteiger partial charge is 0.281 e. The molecule has 2 aromatic rings. The molecule has 1 aliphatic heterocycles. The van der Waals surface area contributed by atoms with Crippen molar-refractivity contribution in [3.05, 3.63) is 48.0 Å².